The minimum atomic E-state index is -0.117. The summed E-state index contributed by atoms with van der Waals surface area (Å²) in [5.74, 6) is 0.476. The van der Waals surface area contributed by atoms with Gasteiger partial charge < -0.3 is 10.6 Å². The van der Waals surface area contributed by atoms with E-state index in [4.69, 9.17) is 5.73 Å². The molecule has 1 saturated carbocycles. The Bertz CT molecular complexity index is 513. The lowest BCUT2D eigenvalue weighted by Gasteiger charge is -2.31. The predicted octanol–water partition coefficient (Wildman–Crippen LogP) is 3.37. The van der Waals surface area contributed by atoms with Crippen LogP contribution in [0.4, 0.5) is 5.82 Å². The monoisotopic (exact) mass is 289 g/mol. The standard InChI is InChI=1S/C17H27N3O/c1-17(2,3)14-10-12(11-15(18)19-14)16(21)20(4)13-8-6-5-7-9-13/h10-11,13H,5-9H2,1-4H3,(H2,18,19). The molecule has 2 rings (SSSR count). The Balaban J connectivity index is 2.24. The molecule has 0 radical (unpaired) electrons. The van der Waals surface area contributed by atoms with Crippen molar-refractivity contribution in [2.24, 2.45) is 0 Å². The van der Waals surface area contributed by atoms with E-state index in [0.29, 0.717) is 17.4 Å². The molecule has 4 nitrogen and oxygen atoms in total. The van der Waals surface area contributed by atoms with Gasteiger partial charge in [0.2, 0.25) is 0 Å². The number of carbonyl (C=O) groups is 1. The first-order valence-electron chi connectivity index (χ1n) is 7.84. The first-order valence-corrected chi connectivity index (χ1v) is 7.84. The van der Waals surface area contributed by atoms with Gasteiger partial charge in [0, 0.05) is 29.8 Å². The molecule has 1 aromatic heterocycles. The molecule has 4 heteroatoms. The molecular weight excluding hydrogens is 262 g/mol. The van der Waals surface area contributed by atoms with Gasteiger partial charge in [-0.2, -0.15) is 0 Å². The van der Waals surface area contributed by atoms with Crippen LogP contribution in [0.1, 0.15) is 68.9 Å². The van der Waals surface area contributed by atoms with E-state index < -0.39 is 0 Å². The van der Waals surface area contributed by atoms with Crippen molar-refractivity contribution < 1.29 is 4.79 Å². The smallest absolute Gasteiger partial charge is 0.254 e. The SMILES string of the molecule is CN(C(=O)c1cc(N)nc(C(C)(C)C)c1)C1CCCCC1. The minimum absolute atomic E-state index is 0.0569. The summed E-state index contributed by atoms with van der Waals surface area (Å²) in [7, 11) is 1.91. The molecular formula is C17H27N3O. The average Bonchev–Trinajstić information content (AvgIpc) is 2.45. The lowest BCUT2D eigenvalue weighted by molar-refractivity contribution is 0.0696. The summed E-state index contributed by atoms with van der Waals surface area (Å²) in [5, 5.41) is 0. The zero-order valence-corrected chi connectivity index (χ0v) is 13.6. The van der Waals surface area contributed by atoms with Gasteiger partial charge in [0.1, 0.15) is 5.82 Å². The highest BCUT2D eigenvalue weighted by Gasteiger charge is 2.25. The van der Waals surface area contributed by atoms with Gasteiger partial charge in [-0.15, -0.1) is 0 Å². The third-order valence-electron chi connectivity index (χ3n) is 4.30. The van der Waals surface area contributed by atoms with Crippen molar-refractivity contribution in [3.05, 3.63) is 23.4 Å². The number of hydrogen-bond donors (Lipinski definition) is 1. The third-order valence-corrected chi connectivity index (χ3v) is 4.30. The van der Waals surface area contributed by atoms with Gasteiger partial charge in [-0.3, -0.25) is 4.79 Å². The maximum atomic E-state index is 12.7. The highest BCUT2D eigenvalue weighted by molar-refractivity contribution is 5.95. The first-order chi connectivity index (χ1) is 9.79. The van der Waals surface area contributed by atoms with Crippen LogP contribution < -0.4 is 5.73 Å². The van der Waals surface area contributed by atoms with Crippen molar-refractivity contribution in [3.8, 4) is 0 Å². The highest BCUT2D eigenvalue weighted by atomic mass is 16.2. The third kappa shape index (κ3) is 3.74. The second kappa shape index (κ2) is 6.04. The average molecular weight is 289 g/mol. The summed E-state index contributed by atoms with van der Waals surface area (Å²) >= 11 is 0. The summed E-state index contributed by atoms with van der Waals surface area (Å²) in [5.41, 5.74) is 7.29. The number of nitrogens with zero attached hydrogens (tertiary/aromatic N) is 2. The fraction of sp³-hybridized carbons (Fsp3) is 0.647. The second-order valence-electron chi connectivity index (χ2n) is 7.12. The van der Waals surface area contributed by atoms with Gasteiger partial charge in [0.15, 0.2) is 0 Å². The fourth-order valence-corrected chi connectivity index (χ4v) is 2.90. The number of pyridine rings is 1. The molecule has 116 valence electrons. The Morgan fingerprint density at radius 3 is 2.43 bits per heavy atom. The quantitative estimate of drug-likeness (QED) is 0.908. The molecule has 0 unspecified atom stereocenters. The molecule has 1 fully saturated rings. The zero-order valence-electron chi connectivity index (χ0n) is 13.6. The molecule has 2 N–H and O–H groups in total. The van der Waals surface area contributed by atoms with Crippen LogP contribution in [0.2, 0.25) is 0 Å². The fourth-order valence-electron chi connectivity index (χ4n) is 2.90. The topological polar surface area (TPSA) is 59.2 Å². The highest BCUT2D eigenvalue weighted by Crippen LogP contribution is 2.26. The number of carbonyl (C=O) groups excluding carboxylic acids is 1. The van der Waals surface area contributed by atoms with Crippen LogP contribution in [-0.2, 0) is 5.41 Å². The Hall–Kier alpha value is -1.58. The molecule has 0 saturated heterocycles. The maximum absolute atomic E-state index is 12.7. The lowest BCUT2D eigenvalue weighted by Crippen LogP contribution is -2.38. The number of aromatic nitrogens is 1. The minimum Gasteiger partial charge on any atom is -0.384 e. The van der Waals surface area contributed by atoms with E-state index >= 15 is 0 Å². The number of amides is 1. The van der Waals surface area contributed by atoms with E-state index in [1.807, 2.05) is 18.0 Å². The van der Waals surface area contributed by atoms with Crippen molar-refractivity contribution in [2.45, 2.75) is 64.3 Å². The molecule has 0 aromatic carbocycles. The molecule has 1 amide bonds. The zero-order chi connectivity index (χ0) is 15.6. The van der Waals surface area contributed by atoms with Gasteiger partial charge in [0.05, 0.1) is 0 Å². The van der Waals surface area contributed by atoms with Crippen molar-refractivity contribution in [1.29, 1.82) is 0 Å². The predicted molar refractivity (Wildman–Crippen MR) is 86.3 cm³/mol. The summed E-state index contributed by atoms with van der Waals surface area (Å²) in [4.78, 5) is 19.0. The second-order valence-corrected chi connectivity index (χ2v) is 7.12. The molecule has 21 heavy (non-hydrogen) atoms. The molecule has 1 aliphatic rings. The van der Waals surface area contributed by atoms with E-state index in [9.17, 15) is 4.79 Å². The van der Waals surface area contributed by atoms with Crippen molar-refractivity contribution >= 4 is 11.7 Å². The van der Waals surface area contributed by atoms with Crippen molar-refractivity contribution in [1.82, 2.24) is 9.88 Å². The number of hydrogen-bond acceptors (Lipinski definition) is 3. The van der Waals surface area contributed by atoms with Gasteiger partial charge in [-0.25, -0.2) is 4.98 Å². The van der Waals surface area contributed by atoms with E-state index in [1.165, 1.54) is 19.3 Å². The van der Waals surface area contributed by atoms with Crippen LogP contribution in [-0.4, -0.2) is 28.9 Å². The molecule has 0 spiro atoms. The van der Waals surface area contributed by atoms with Crippen molar-refractivity contribution in [3.63, 3.8) is 0 Å². The van der Waals surface area contributed by atoms with Gasteiger partial charge >= 0.3 is 0 Å². The van der Waals surface area contributed by atoms with Gasteiger partial charge in [-0.05, 0) is 25.0 Å². The number of anilines is 1. The van der Waals surface area contributed by atoms with E-state index in [2.05, 4.69) is 25.8 Å². The number of rotatable bonds is 2. The largest absolute Gasteiger partial charge is 0.384 e. The van der Waals surface area contributed by atoms with Crippen LogP contribution in [0.5, 0.6) is 0 Å². The first kappa shape index (κ1) is 15.8. The lowest BCUT2D eigenvalue weighted by atomic mass is 9.90. The number of nitrogens with two attached hydrogens (primary N) is 1. The Morgan fingerprint density at radius 2 is 1.86 bits per heavy atom. The molecule has 1 aromatic rings. The number of nitrogen functional groups attached to an aromatic ring is 1. The van der Waals surface area contributed by atoms with E-state index in [1.54, 1.807) is 6.07 Å². The normalized spacial score (nSPS) is 16.8. The van der Waals surface area contributed by atoms with E-state index in [0.717, 1.165) is 18.5 Å². The van der Waals surface area contributed by atoms with Crippen LogP contribution in [0.25, 0.3) is 0 Å². The summed E-state index contributed by atoms with van der Waals surface area (Å²) in [6.07, 6.45) is 5.93. The molecule has 0 aliphatic heterocycles. The summed E-state index contributed by atoms with van der Waals surface area (Å²) < 4.78 is 0. The molecule has 1 heterocycles. The van der Waals surface area contributed by atoms with Crippen LogP contribution in [0, 0.1) is 0 Å². The molecule has 1 aliphatic carbocycles. The Labute approximate surface area is 127 Å². The maximum Gasteiger partial charge on any atom is 0.254 e. The van der Waals surface area contributed by atoms with E-state index in [-0.39, 0.29) is 11.3 Å². The molecule has 0 atom stereocenters. The van der Waals surface area contributed by atoms with Crippen molar-refractivity contribution in [2.75, 3.05) is 12.8 Å². The van der Waals surface area contributed by atoms with Crippen LogP contribution in [0.3, 0.4) is 0 Å². The Morgan fingerprint density at radius 1 is 1.24 bits per heavy atom. The summed E-state index contributed by atoms with van der Waals surface area (Å²) in [6.45, 7) is 6.23. The van der Waals surface area contributed by atoms with Gasteiger partial charge in [0.25, 0.3) is 5.91 Å². The van der Waals surface area contributed by atoms with Gasteiger partial charge in [-0.1, -0.05) is 40.0 Å². The Kier molecular flexibility index (Phi) is 4.55. The summed E-state index contributed by atoms with van der Waals surface area (Å²) in [6, 6.07) is 3.94. The van der Waals surface area contributed by atoms with Crippen LogP contribution in [0.15, 0.2) is 12.1 Å². The van der Waals surface area contributed by atoms with Crippen LogP contribution >= 0.6 is 0 Å². The molecule has 0 bridgehead atoms.